The molecule has 2 atom stereocenters. The second-order valence-corrected chi connectivity index (χ2v) is 7.56. The average Bonchev–Trinajstić information content (AvgIpc) is 3.51. The maximum atomic E-state index is 14.1. The van der Waals surface area contributed by atoms with E-state index in [1.54, 1.807) is 4.90 Å². The number of nitrogens with two attached hydrogens (primary N) is 1. The molecule has 2 fully saturated rings. The third-order valence-electron chi connectivity index (χ3n) is 5.18. The van der Waals surface area contributed by atoms with Crippen molar-refractivity contribution in [2.75, 3.05) is 13.1 Å². The van der Waals surface area contributed by atoms with E-state index in [2.05, 4.69) is 16.1 Å². The van der Waals surface area contributed by atoms with E-state index in [0.717, 1.165) is 25.0 Å². The number of primary amides is 1. The number of ether oxygens (including phenoxy) is 1. The van der Waals surface area contributed by atoms with Crippen molar-refractivity contribution in [1.82, 2.24) is 15.1 Å². The summed E-state index contributed by atoms with van der Waals surface area (Å²) in [4.78, 5) is 27.3. The summed E-state index contributed by atoms with van der Waals surface area (Å²) < 4.78 is 54.5. The maximum Gasteiger partial charge on any atom is 0.573 e. The van der Waals surface area contributed by atoms with Gasteiger partial charge in [-0.15, -0.1) is 13.2 Å². The van der Waals surface area contributed by atoms with E-state index in [9.17, 15) is 32.4 Å². The number of urea groups is 2. The van der Waals surface area contributed by atoms with E-state index in [4.69, 9.17) is 5.73 Å². The number of nitrogens with zero attached hydrogens (tertiary/aromatic N) is 3. The molecule has 0 aromatic heterocycles. The zero-order chi connectivity index (χ0) is 22.8. The van der Waals surface area contributed by atoms with Gasteiger partial charge in [0, 0.05) is 37.3 Å². The molecule has 2 aliphatic rings. The molecule has 0 spiro atoms. The third-order valence-corrected chi connectivity index (χ3v) is 5.18. The zero-order valence-electron chi connectivity index (χ0n) is 16.4. The molecular weight excluding hydrogens is 422 g/mol. The van der Waals surface area contributed by atoms with Crippen LogP contribution in [0.4, 0.5) is 27.2 Å². The fourth-order valence-corrected chi connectivity index (χ4v) is 3.66. The molecule has 8 nitrogen and oxygen atoms in total. The number of hydrogen-bond donors (Lipinski definition) is 2. The van der Waals surface area contributed by atoms with Crippen molar-refractivity contribution in [3.8, 4) is 11.8 Å². The molecule has 3 rings (SSSR count). The molecule has 0 bridgehead atoms. The first-order valence-electron chi connectivity index (χ1n) is 9.61. The van der Waals surface area contributed by atoms with Gasteiger partial charge in [0.25, 0.3) is 0 Å². The van der Waals surface area contributed by atoms with E-state index in [1.807, 2.05) is 0 Å². The fourth-order valence-electron chi connectivity index (χ4n) is 3.66. The van der Waals surface area contributed by atoms with Crippen LogP contribution in [0.2, 0.25) is 0 Å². The summed E-state index contributed by atoms with van der Waals surface area (Å²) in [6.45, 7) is 0.128. The number of piperidine rings is 1. The molecule has 4 amide bonds. The van der Waals surface area contributed by atoms with Crippen molar-refractivity contribution in [3.63, 3.8) is 0 Å². The lowest BCUT2D eigenvalue weighted by atomic mass is 9.94. The minimum atomic E-state index is -4.94. The highest BCUT2D eigenvalue weighted by molar-refractivity contribution is 5.76. The van der Waals surface area contributed by atoms with E-state index < -0.39 is 42.0 Å². The van der Waals surface area contributed by atoms with E-state index in [-0.39, 0.29) is 31.2 Å². The van der Waals surface area contributed by atoms with Crippen LogP contribution in [0.25, 0.3) is 0 Å². The van der Waals surface area contributed by atoms with E-state index >= 15 is 0 Å². The minimum absolute atomic E-state index is 0.0177. The summed E-state index contributed by atoms with van der Waals surface area (Å²) in [6, 6.07) is 3.08. The van der Waals surface area contributed by atoms with E-state index in [0.29, 0.717) is 12.5 Å². The van der Waals surface area contributed by atoms with Gasteiger partial charge in [-0.1, -0.05) is 6.07 Å². The Balaban J connectivity index is 1.66. The number of alkyl halides is 3. The third kappa shape index (κ3) is 5.90. The van der Waals surface area contributed by atoms with Crippen molar-refractivity contribution in [2.24, 2.45) is 11.7 Å². The minimum Gasteiger partial charge on any atom is -0.406 e. The smallest absolute Gasteiger partial charge is 0.406 e. The lowest BCUT2D eigenvalue weighted by Gasteiger charge is -2.40. The number of carbonyl (C=O) groups excluding carboxylic acids is 2. The van der Waals surface area contributed by atoms with Crippen molar-refractivity contribution in [2.45, 2.75) is 44.3 Å². The summed E-state index contributed by atoms with van der Waals surface area (Å²) in [7, 11) is 0. The van der Waals surface area contributed by atoms with Crippen LogP contribution < -0.4 is 15.8 Å². The standard InChI is InChI=1S/C19H21F4N5O3/c20-16-6-15(31-19(21,22)23)4-1-12(16)8-26-18(30)28(13-2-3-13)14-5-11(7-24)9-27(10-14)17(25)29/h1,4,6,11,13-14H,2-3,5,8-10H2,(H2,25,29)(H,26,30)/t11?,14-/m1/s1. The first-order chi connectivity index (χ1) is 14.6. The number of hydrogen-bond acceptors (Lipinski definition) is 4. The number of nitriles is 1. The Morgan fingerprint density at radius 1 is 1.29 bits per heavy atom. The van der Waals surface area contributed by atoms with Gasteiger partial charge in [-0.05, 0) is 25.3 Å². The molecule has 1 aromatic carbocycles. The van der Waals surface area contributed by atoms with Crippen molar-refractivity contribution >= 4 is 12.1 Å². The summed E-state index contributed by atoms with van der Waals surface area (Å²) in [6.07, 6.45) is -3.04. The molecule has 1 saturated heterocycles. The first-order valence-corrected chi connectivity index (χ1v) is 9.61. The monoisotopic (exact) mass is 443 g/mol. The Morgan fingerprint density at radius 2 is 2.00 bits per heavy atom. The van der Waals surface area contributed by atoms with Crippen LogP contribution in [0, 0.1) is 23.1 Å². The molecule has 12 heteroatoms. The van der Waals surface area contributed by atoms with Crippen LogP contribution in [0.3, 0.4) is 0 Å². The van der Waals surface area contributed by atoms with Crippen molar-refractivity contribution in [1.29, 1.82) is 5.26 Å². The van der Waals surface area contributed by atoms with Crippen LogP contribution in [-0.4, -0.2) is 53.4 Å². The summed E-state index contributed by atoms with van der Waals surface area (Å²) in [5.41, 5.74) is 5.33. The molecule has 1 heterocycles. The summed E-state index contributed by atoms with van der Waals surface area (Å²) in [5.74, 6) is -2.13. The van der Waals surface area contributed by atoms with Gasteiger partial charge in [-0.2, -0.15) is 5.26 Å². The van der Waals surface area contributed by atoms with Crippen LogP contribution in [0.1, 0.15) is 24.8 Å². The Bertz CT molecular complexity index is 884. The lowest BCUT2D eigenvalue weighted by Crippen LogP contribution is -2.57. The van der Waals surface area contributed by atoms with Crippen LogP contribution in [0.5, 0.6) is 5.75 Å². The number of benzene rings is 1. The average molecular weight is 443 g/mol. The van der Waals surface area contributed by atoms with Crippen molar-refractivity contribution in [3.05, 3.63) is 29.6 Å². The molecule has 0 radical (unpaired) electrons. The molecule has 1 aromatic rings. The predicted octanol–water partition coefficient (Wildman–Crippen LogP) is 2.69. The SMILES string of the molecule is N#CC1C[C@@H](N(C(=O)NCc2ccc(OC(F)(F)F)cc2F)C2CC2)CN(C(N)=O)C1. The molecular formula is C19H21F4N5O3. The highest BCUT2D eigenvalue weighted by atomic mass is 19.4. The van der Waals surface area contributed by atoms with Crippen molar-refractivity contribution < 1.29 is 31.9 Å². The Labute approximate surface area is 175 Å². The Morgan fingerprint density at radius 3 is 2.55 bits per heavy atom. The number of rotatable bonds is 5. The van der Waals surface area contributed by atoms with E-state index in [1.165, 1.54) is 4.90 Å². The van der Waals surface area contributed by atoms with Crippen LogP contribution in [0.15, 0.2) is 18.2 Å². The normalized spacial score (nSPS) is 21.2. The van der Waals surface area contributed by atoms with Gasteiger partial charge >= 0.3 is 18.4 Å². The Kier molecular flexibility index (Phi) is 6.42. The number of amides is 4. The molecule has 168 valence electrons. The van der Waals surface area contributed by atoms with Gasteiger partial charge < -0.3 is 25.6 Å². The van der Waals surface area contributed by atoms with Gasteiger partial charge in [0.2, 0.25) is 0 Å². The van der Waals surface area contributed by atoms with Crippen LogP contribution >= 0.6 is 0 Å². The van der Waals surface area contributed by atoms with Gasteiger partial charge in [0.1, 0.15) is 11.6 Å². The largest absolute Gasteiger partial charge is 0.573 e. The van der Waals surface area contributed by atoms with Gasteiger partial charge in [0.15, 0.2) is 0 Å². The molecule has 1 aliphatic heterocycles. The second-order valence-electron chi connectivity index (χ2n) is 7.56. The first kappa shape index (κ1) is 22.5. The highest BCUT2D eigenvalue weighted by Crippen LogP contribution is 2.33. The lowest BCUT2D eigenvalue weighted by molar-refractivity contribution is -0.274. The second kappa shape index (κ2) is 8.87. The van der Waals surface area contributed by atoms with Crippen LogP contribution in [-0.2, 0) is 6.54 Å². The van der Waals surface area contributed by atoms with Gasteiger partial charge in [0.05, 0.1) is 18.0 Å². The quantitative estimate of drug-likeness (QED) is 0.682. The number of nitrogens with one attached hydrogen (secondary N) is 1. The number of likely N-dealkylation sites (tertiary alicyclic amines) is 1. The molecule has 1 unspecified atom stereocenters. The van der Waals surface area contributed by atoms with Gasteiger partial charge in [-0.3, -0.25) is 0 Å². The summed E-state index contributed by atoms with van der Waals surface area (Å²) >= 11 is 0. The summed E-state index contributed by atoms with van der Waals surface area (Å²) in [5, 5.41) is 11.9. The molecule has 1 aliphatic carbocycles. The topological polar surface area (TPSA) is 112 Å². The van der Waals surface area contributed by atoms with Gasteiger partial charge in [-0.25, -0.2) is 14.0 Å². The number of halogens is 4. The Hall–Kier alpha value is -3.23. The zero-order valence-corrected chi connectivity index (χ0v) is 16.4. The fraction of sp³-hybridized carbons (Fsp3) is 0.526. The highest BCUT2D eigenvalue weighted by Gasteiger charge is 2.41. The maximum absolute atomic E-state index is 14.1. The number of carbonyl (C=O) groups is 2. The molecule has 31 heavy (non-hydrogen) atoms. The molecule has 3 N–H and O–H groups in total. The predicted molar refractivity (Wildman–Crippen MR) is 98.8 cm³/mol. The molecule has 1 saturated carbocycles.